The molecule has 1 aliphatic rings. The van der Waals surface area contributed by atoms with E-state index in [1.807, 2.05) is 12.1 Å². The number of benzene rings is 2. The molecule has 0 bridgehead atoms. The number of hydrogen-bond acceptors (Lipinski definition) is 4. The molecule has 2 heterocycles. The highest BCUT2D eigenvalue weighted by molar-refractivity contribution is 5.90. The predicted octanol–water partition coefficient (Wildman–Crippen LogP) is 3.62. The molecule has 0 saturated heterocycles. The summed E-state index contributed by atoms with van der Waals surface area (Å²) in [6, 6.07) is 12.6. The number of fused-ring (bicyclic) bond motifs is 3. The van der Waals surface area contributed by atoms with Gasteiger partial charge in [-0.2, -0.15) is 0 Å². The zero-order valence-corrected chi connectivity index (χ0v) is 15.4. The normalized spacial score (nSPS) is 16.3. The average molecular weight is 352 g/mol. The van der Waals surface area contributed by atoms with Crippen molar-refractivity contribution in [2.75, 3.05) is 27.9 Å². The minimum atomic E-state index is 0.231. The number of aromatic amines is 1. The number of rotatable bonds is 5. The fraction of sp³-hybridized carbons (Fsp3) is 0.333. The van der Waals surface area contributed by atoms with Crippen LogP contribution in [0.3, 0.4) is 0 Å². The monoisotopic (exact) mass is 352 g/mol. The summed E-state index contributed by atoms with van der Waals surface area (Å²) >= 11 is 0. The van der Waals surface area contributed by atoms with E-state index < -0.39 is 0 Å². The highest BCUT2D eigenvalue weighted by Crippen LogP contribution is 2.36. The smallest absolute Gasteiger partial charge is 0.160 e. The lowest BCUT2D eigenvalue weighted by atomic mass is 9.94. The quantitative estimate of drug-likeness (QED) is 0.736. The van der Waals surface area contributed by atoms with E-state index in [-0.39, 0.29) is 6.04 Å². The van der Waals surface area contributed by atoms with Crippen LogP contribution in [0.15, 0.2) is 36.4 Å². The standard InChI is InChI=1S/C21H24N2O3/c1-24-17-8-7-13(12-19(17)26-3)11-16-20-15(9-10-22-16)14-5-4-6-18(25-2)21(14)23-20/h4-8,12,16,22-23H,9-11H2,1-3H3. The van der Waals surface area contributed by atoms with Crippen molar-refractivity contribution in [1.82, 2.24) is 10.3 Å². The van der Waals surface area contributed by atoms with E-state index in [4.69, 9.17) is 14.2 Å². The van der Waals surface area contributed by atoms with E-state index in [0.717, 1.165) is 42.2 Å². The largest absolute Gasteiger partial charge is 0.495 e. The zero-order valence-electron chi connectivity index (χ0n) is 15.4. The van der Waals surface area contributed by atoms with Crippen LogP contribution < -0.4 is 19.5 Å². The molecule has 0 spiro atoms. The maximum absolute atomic E-state index is 5.53. The van der Waals surface area contributed by atoms with Crippen LogP contribution >= 0.6 is 0 Å². The molecular formula is C21H24N2O3. The molecule has 5 heteroatoms. The van der Waals surface area contributed by atoms with Gasteiger partial charge in [-0.15, -0.1) is 0 Å². The van der Waals surface area contributed by atoms with Crippen molar-refractivity contribution in [3.8, 4) is 17.2 Å². The van der Waals surface area contributed by atoms with Crippen LogP contribution in [0.2, 0.25) is 0 Å². The second-order valence-corrected chi connectivity index (χ2v) is 6.55. The first-order valence-electron chi connectivity index (χ1n) is 8.87. The Morgan fingerprint density at radius 2 is 1.77 bits per heavy atom. The van der Waals surface area contributed by atoms with Crippen molar-refractivity contribution in [2.45, 2.75) is 18.9 Å². The number of methoxy groups -OCH3 is 3. The Hall–Kier alpha value is -2.66. The molecule has 0 aliphatic carbocycles. The van der Waals surface area contributed by atoms with Crippen LogP contribution in [-0.2, 0) is 12.8 Å². The van der Waals surface area contributed by atoms with Crippen molar-refractivity contribution in [3.05, 3.63) is 53.2 Å². The number of ether oxygens (including phenoxy) is 3. The van der Waals surface area contributed by atoms with Gasteiger partial charge in [-0.3, -0.25) is 0 Å². The van der Waals surface area contributed by atoms with Crippen LogP contribution in [0.25, 0.3) is 10.9 Å². The Morgan fingerprint density at radius 3 is 2.54 bits per heavy atom. The van der Waals surface area contributed by atoms with E-state index in [1.54, 1.807) is 21.3 Å². The summed E-state index contributed by atoms with van der Waals surface area (Å²) in [7, 11) is 5.04. The Balaban J connectivity index is 1.70. The molecule has 4 rings (SSSR count). The summed E-state index contributed by atoms with van der Waals surface area (Å²) in [5, 5.41) is 4.91. The topological polar surface area (TPSA) is 55.5 Å². The Kier molecular flexibility index (Phi) is 4.47. The highest BCUT2D eigenvalue weighted by Gasteiger charge is 2.25. The van der Waals surface area contributed by atoms with E-state index in [0.29, 0.717) is 0 Å². The molecule has 1 aliphatic heterocycles. The molecule has 5 nitrogen and oxygen atoms in total. The number of H-pyrrole nitrogens is 1. The summed E-state index contributed by atoms with van der Waals surface area (Å²) in [5.41, 5.74) is 4.94. The summed E-state index contributed by atoms with van der Waals surface area (Å²) in [4.78, 5) is 3.61. The van der Waals surface area contributed by atoms with E-state index >= 15 is 0 Å². The van der Waals surface area contributed by atoms with E-state index in [1.165, 1.54) is 22.2 Å². The molecule has 1 unspecified atom stereocenters. The van der Waals surface area contributed by atoms with Gasteiger partial charge in [0.05, 0.1) is 32.9 Å². The van der Waals surface area contributed by atoms with Crippen LogP contribution in [0.5, 0.6) is 17.2 Å². The predicted molar refractivity (Wildman–Crippen MR) is 103 cm³/mol. The molecule has 1 atom stereocenters. The molecular weight excluding hydrogens is 328 g/mol. The van der Waals surface area contributed by atoms with Crippen LogP contribution in [0, 0.1) is 0 Å². The second kappa shape index (κ2) is 6.92. The second-order valence-electron chi connectivity index (χ2n) is 6.55. The molecule has 0 amide bonds. The fourth-order valence-corrected chi connectivity index (χ4v) is 3.89. The van der Waals surface area contributed by atoms with Crippen LogP contribution in [0.1, 0.15) is 22.9 Å². The van der Waals surface area contributed by atoms with Gasteiger partial charge in [0.1, 0.15) is 5.75 Å². The molecule has 0 saturated carbocycles. The summed E-state index contributed by atoms with van der Waals surface area (Å²) in [6.45, 7) is 0.967. The minimum Gasteiger partial charge on any atom is -0.495 e. The van der Waals surface area contributed by atoms with Gasteiger partial charge >= 0.3 is 0 Å². The van der Waals surface area contributed by atoms with Crippen molar-refractivity contribution in [1.29, 1.82) is 0 Å². The molecule has 1 aromatic heterocycles. The van der Waals surface area contributed by atoms with Gasteiger partial charge in [-0.1, -0.05) is 18.2 Å². The first-order valence-corrected chi connectivity index (χ1v) is 8.87. The van der Waals surface area contributed by atoms with Gasteiger partial charge in [-0.25, -0.2) is 0 Å². The molecule has 136 valence electrons. The zero-order chi connectivity index (χ0) is 18.1. The van der Waals surface area contributed by atoms with Crippen LogP contribution in [0.4, 0.5) is 0 Å². The first-order chi connectivity index (χ1) is 12.7. The summed E-state index contributed by atoms with van der Waals surface area (Å²) in [5.74, 6) is 2.41. The number of aromatic nitrogens is 1. The van der Waals surface area contributed by atoms with E-state index in [9.17, 15) is 0 Å². The van der Waals surface area contributed by atoms with Gasteiger partial charge in [-0.05, 0) is 48.7 Å². The first kappa shape index (κ1) is 16.8. The molecule has 2 N–H and O–H groups in total. The number of hydrogen-bond donors (Lipinski definition) is 2. The van der Waals surface area contributed by atoms with Gasteiger partial charge in [0.15, 0.2) is 11.5 Å². The Morgan fingerprint density at radius 1 is 0.962 bits per heavy atom. The van der Waals surface area contributed by atoms with Gasteiger partial charge in [0, 0.05) is 11.1 Å². The van der Waals surface area contributed by atoms with E-state index in [2.05, 4.69) is 34.6 Å². The van der Waals surface area contributed by atoms with Gasteiger partial charge in [0.2, 0.25) is 0 Å². The minimum absolute atomic E-state index is 0.231. The number of para-hydroxylation sites is 1. The fourth-order valence-electron chi connectivity index (χ4n) is 3.89. The van der Waals surface area contributed by atoms with Crippen molar-refractivity contribution in [3.63, 3.8) is 0 Å². The maximum Gasteiger partial charge on any atom is 0.160 e. The lowest BCUT2D eigenvalue weighted by molar-refractivity contribution is 0.354. The van der Waals surface area contributed by atoms with Crippen molar-refractivity contribution in [2.24, 2.45) is 0 Å². The summed E-state index contributed by atoms with van der Waals surface area (Å²) in [6.07, 6.45) is 1.90. The lowest BCUT2D eigenvalue weighted by Crippen LogP contribution is -2.31. The number of nitrogens with one attached hydrogen (secondary N) is 2. The summed E-state index contributed by atoms with van der Waals surface area (Å²) < 4.78 is 16.3. The average Bonchev–Trinajstić information content (AvgIpc) is 3.08. The van der Waals surface area contributed by atoms with Gasteiger partial charge < -0.3 is 24.5 Å². The third-order valence-electron chi connectivity index (χ3n) is 5.16. The SMILES string of the molecule is COc1ccc(CC2NCCc3c2[nH]c2c(OC)cccc32)cc1OC. The third-order valence-corrected chi connectivity index (χ3v) is 5.16. The molecule has 2 aromatic carbocycles. The molecule has 0 fully saturated rings. The van der Waals surface area contributed by atoms with Crippen molar-refractivity contribution >= 4 is 10.9 Å². The Bertz CT molecular complexity index is 932. The Labute approximate surface area is 153 Å². The molecule has 26 heavy (non-hydrogen) atoms. The highest BCUT2D eigenvalue weighted by atomic mass is 16.5. The molecule has 0 radical (unpaired) electrons. The maximum atomic E-state index is 5.53. The third kappa shape index (κ3) is 2.78. The van der Waals surface area contributed by atoms with Crippen LogP contribution in [-0.4, -0.2) is 32.9 Å². The van der Waals surface area contributed by atoms with Gasteiger partial charge in [0.25, 0.3) is 0 Å². The molecule has 3 aromatic rings. The van der Waals surface area contributed by atoms with Crippen molar-refractivity contribution < 1.29 is 14.2 Å². The lowest BCUT2D eigenvalue weighted by Gasteiger charge is -2.24.